The Hall–Kier alpha value is -1.75. The first kappa shape index (κ1) is 15.3. The molecule has 0 aliphatic carbocycles. The van der Waals surface area contributed by atoms with Gasteiger partial charge < -0.3 is 21.3 Å². The van der Waals surface area contributed by atoms with E-state index in [2.05, 4.69) is 5.32 Å². The minimum atomic E-state index is -0.963. The average Bonchev–Trinajstić information content (AvgIpc) is 2.27. The number of nitrogen functional groups attached to an aromatic ring is 1. The molecule has 0 spiro atoms. The van der Waals surface area contributed by atoms with Gasteiger partial charge in [-0.1, -0.05) is 13.8 Å². The van der Waals surface area contributed by atoms with Gasteiger partial charge in [0.2, 0.25) is 0 Å². The molecule has 0 heterocycles. The van der Waals surface area contributed by atoms with Crippen molar-refractivity contribution in [1.82, 2.24) is 5.32 Å². The molecule has 5 nitrogen and oxygen atoms in total. The lowest BCUT2D eigenvalue weighted by Crippen LogP contribution is -2.41. The molecule has 19 heavy (non-hydrogen) atoms. The SMILES string of the molecule is CC(C)CC(C)(O)CNC(=O)c1cc(O)ccc1N. The molecule has 0 aromatic heterocycles. The maximum absolute atomic E-state index is 11.9. The largest absolute Gasteiger partial charge is 0.508 e. The number of aromatic hydroxyl groups is 1. The molecule has 106 valence electrons. The number of carbonyl (C=O) groups is 1. The molecule has 0 bridgehead atoms. The molecule has 0 saturated carbocycles. The molecule has 0 saturated heterocycles. The van der Waals surface area contributed by atoms with Crippen molar-refractivity contribution in [2.45, 2.75) is 32.8 Å². The fourth-order valence-electron chi connectivity index (χ4n) is 2.06. The number of anilines is 1. The lowest BCUT2D eigenvalue weighted by molar-refractivity contribution is 0.0368. The van der Waals surface area contributed by atoms with E-state index in [1.807, 2.05) is 13.8 Å². The minimum absolute atomic E-state index is 0.0201. The van der Waals surface area contributed by atoms with Crippen molar-refractivity contribution in [3.05, 3.63) is 23.8 Å². The predicted octanol–water partition coefficient (Wildman–Crippen LogP) is 1.50. The van der Waals surface area contributed by atoms with E-state index in [1.54, 1.807) is 6.92 Å². The Labute approximate surface area is 113 Å². The first-order chi connectivity index (χ1) is 8.71. The molecule has 5 N–H and O–H groups in total. The summed E-state index contributed by atoms with van der Waals surface area (Å²) >= 11 is 0. The van der Waals surface area contributed by atoms with Crippen LogP contribution in [0.3, 0.4) is 0 Å². The first-order valence-electron chi connectivity index (χ1n) is 6.30. The van der Waals surface area contributed by atoms with Gasteiger partial charge in [0.15, 0.2) is 0 Å². The van der Waals surface area contributed by atoms with Gasteiger partial charge in [-0.05, 0) is 37.5 Å². The summed E-state index contributed by atoms with van der Waals surface area (Å²) < 4.78 is 0. The van der Waals surface area contributed by atoms with Gasteiger partial charge in [0.05, 0.1) is 11.2 Å². The van der Waals surface area contributed by atoms with Crippen molar-refractivity contribution in [2.75, 3.05) is 12.3 Å². The van der Waals surface area contributed by atoms with E-state index in [-0.39, 0.29) is 17.9 Å². The van der Waals surface area contributed by atoms with Crippen LogP contribution < -0.4 is 11.1 Å². The summed E-state index contributed by atoms with van der Waals surface area (Å²) in [6, 6.07) is 4.19. The zero-order valence-electron chi connectivity index (χ0n) is 11.6. The highest BCUT2D eigenvalue weighted by Crippen LogP contribution is 2.19. The van der Waals surface area contributed by atoms with Crippen LogP contribution in [0.2, 0.25) is 0 Å². The van der Waals surface area contributed by atoms with Crippen LogP contribution in [-0.4, -0.2) is 28.3 Å². The number of phenols is 1. The Morgan fingerprint density at radius 3 is 2.68 bits per heavy atom. The monoisotopic (exact) mass is 266 g/mol. The van der Waals surface area contributed by atoms with Crippen molar-refractivity contribution in [2.24, 2.45) is 5.92 Å². The van der Waals surface area contributed by atoms with Crippen LogP contribution in [0.5, 0.6) is 5.75 Å². The Morgan fingerprint density at radius 1 is 1.47 bits per heavy atom. The van der Waals surface area contributed by atoms with Crippen molar-refractivity contribution < 1.29 is 15.0 Å². The summed E-state index contributed by atoms with van der Waals surface area (Å²) in [5.74, 6) is -0.0940. The van der Waals surface area contributed by atoms with Gasteiger partial charge >= 0.3 is 0 Å². The fourth-order valence-corrected chi connectivity index (χ4v) is 2.06. The fraction of sp³-hybridized carbons (Fsp3) is 0.500. The van der Waals surface area contributed by atoms with Crippen molar-refractivity contribution in [3.8, 4) is 5.75 Å². The molecular formula is C14H22N2O3. The first-order valence-corrected chi connectivity index (χ1v) is 6.30. The van der Waals surface area contributed by atoms with Gasteiger partial charge in [-0.2, -0.15) is 0 Å². The predicted molar refractivity (Wildman–Crippen MR) is 74.9 cm³/mol. The van der Waals surface area contributed by atoms with E-state index < -0.39 is 11.5 Å². The third-order valence-corrected chi connectivity index (χ3v) is 2.76. The summed E-state index contributed by atoms with van der Waals surface area (Å²) in [5.41, 5.74) is 5.21. The molecule has 1 unspecified atom stereocenters. The summed E-state index contributed by atoms with van der Waals surface area (Å²) in [4.78, 5) is 11.9. The molecule has 1 aromatic carbocycles. The topological polar surface area (TPSA) is 95.6 Å². The molecule has 0 radical (unpaired) electrons. The number of carbonyl (C=O) groups excluding carboxylic acids is 1. The normalized spacial score (nSPS) is 14.2. The second-order valence-electron chi connectivity index (χ2n) is 5.55. The molecule has 0 aliphatic heterocycles. The molecular weight excluding hydrogens is 244 g/mol. The third-order valence-electron chi connectivity index (χ3n) is 2.76. The summed E-state index contributed by atoms with van der Waals surface area (Å²) in [6.45, 7) is 5.82. The molecule has 1 rings (SSSR count). The summed E-state index contributed by atoms with van der Waals surface area (Å²) in [6.07, 6.45) is 0.586. The Morgan fingerprint density at radius 2 is 2.11 bits per heavy atom. The summed E-state index contributed by atoms with van der Waals surface area (Å²) in [5, 5.41) is 22.1. The Kier molecular flexibility index (Phi) is 4.78. The van der Waals surface area contributed by atoms with Gasteiger partial charge in [0, 0.05) is 12.2 Å². The molecule has 1 amide bonds. The van der Waals surface area contributed by atoms with E-state index in [4.69, 9.17) is 5.73 Å². The molecule has 5 heteroatoms. The highest BCUT2D eigenvalue weighted by atomic mass is 16.3. The van der Waals surface area contributed by atoms with Crippen molar-refractivity contribution >= 4 is 11.6 Å². The van der Waals surface area contributed by atoms with E-state index in [9.17, 15) is 15.0 Å². The Balaban J connectivity index is 2.68. The molecule has 0 aliphatic rings. The number of benzene rings is 1. The van der Waals surface area contributed by atoms with Crippen LogP contribution in [0.4, 0.5) is 5.69 Å². The van der Waals surface area contributed by atoms with Gasteiger partial charge in [0.1, 0.15) is 5.75 Å². The lowest BCUT2D eigenvalue weighted by atomic mass is 9.94. The van der Waals surface area contributed by atoms with Crippen LogP contribution in [0.25, 0.3) is 0 Å². The number of hydrogen-bond donors (Lipinski definition) is 4. The summed E-state index contributed by atoms with van der Waals surface area (Å²) in [7, 11) is 0. The maximum Gasteiger partial charge on any atom is 0.253 e. The number of rotatable bonds is 5. The Bertz CT molecular complexity index is 456. The van der Waals surface area contributed by atoms with Crippen molar-refractivity contribution in [3.63, 3.8) is 0 Å². The number of nitrogens with one attached hydrogen (secondary N) is 1. The van der Waals surface area contributed by atoms with Crippen LogP contribution >= 0.6 is 0 Å². The number of amides is 1. The zero-order valence-corrected chi connectivity index (χ0v) is 11.6. The number of aliphatic hydroxyl groups is 1. The lowest BCUT2D eigenvalue weighted by Gasteiger charge is -2.25. The minimum Gasteiger partial charge on any atom is -0.508 e. The highest BCUT2D eigenvalue weighted by molar-refractivity contribution is 5.99. The van der Waals surface area contributed by atoms with Gasteiger partial charge in [-0.15, -0.1) is 0 Å². The zero-order chi connectivity index (χ0) is 14.6. The number of nitrogens with two attached hydrogens (primary N) is 1. The van der Waals surface area contributed by atoms with Crippen molar-refractivity contribution in [1.29, 1.82) is 0 Å². The van der Waals surface area contributed by atoms with E-state index >= 15 is 0 Å². The third kappa shape index (κ3) is 4.79. The van der Waals surface area contributed by atoms with Gasteiger partial charge in [0.25, 0.3) is 5.91 Å². The van der Waals surface area contributed by atoms with Gasteiger partial charge in [-0.3, -0.25) is 4.79 Å². The average molecular weight is 266 g/mol. The number of hydrogen-bond acceptors (Lipinski definition) is 4. The smallest absolute Gasteiger partial charge is 0.253 e. The van der Waals surface area contributed by atoms with Crippen LogP contribution in [0.1, 0.15) is 37.6 Å². The van der Waals surface area contributed by atoms with Gasteiger partial charge in [-0.25, -0.2) is 0 Å². The van der Waals surface area contributed by atoms with Crippen LogP contribution in [0.15, 0.2) is 18.2 Å². The second-order valence-corrected chi connectivity index (χ2v) is 5.55. The second kappa shape index (κ2) is 5.93. The number of phenolic OH excluding ortho intramolecular Hbond substituents is 1. The highest BCUT2D eigenvalue weighted by Gasteiger charge is 2.23. The van der Waals surface area contributed by atoms with E-state index in [0.29, 0.717) is 18.0 Å². The quantitative estimate of drug-likeness (QED) is 0.480. The molecule has 0 fully saturated rings. The standard InChI is InChI=1S/C14H22N2O3/c1-9(2)7-14(3,19)8-16-13(18)11-6-10(17)4-5-12(11)15/h4-6,9,17,19H,7-8,15H2,1-3H3,(H,16,18). The van der Waals surface area contributed by atoms with Crippen LogP contribution in [-0.2, 0) is 0 Å². The maximum atomic E-state index is 11.9. The molecule has 1 atom stereocenters. The van der Waals surface area contributed by atoms with E-state index in [0.717, 1.165) is 0 Å². The van der Waals surface area contributed by atoms with E-state index in [1.165, 1.54) is 18.2 Å². The van der Waals surface area contributed by atoms with Crippen LogP contribution in [0, 0.1) is 5.92 Å². The molecule has 1 aromatic rings.